The second kappa shape index (κ2) is 4.58. The highest BCUT2D eigenvalue weighted by Gasteiger charge is 2.34. The standard InChI is InChI=1S/C15H22Si/c1-13-9-7-8-12-15(13)16(2,3)14-10-5-4-6-11-14/h4-6,9-11,15H,7-8,12H2,1-3H3. The first-order valence-electron chi connectivity index (χ1n) is 6.34. The Morgan fingerprint density at radius 2 is 1.81 bits per heavy atom. The topological polar surface area (TPSA) is 0 Å². The molecule has 1 aliphatic rings. The quantitative estimate of drug-likeness (QED) is 0.530. The van der Waals surface area contributed by atoms with Gasteiger partial charge < -0.3 is 0 Å². The third kappa shape index (κ3) is 2.15. The molecule has 0 amide bonds. The molecule has 1 heteroatoms. The molecule has 0 fully saturated rings. The summed E-state index contributed by atoms with van der Waals surface area (Å²) in [5, 5.41) is 1.61. The van der Waals surface area contributed by atoms with Crippen LogP contribution in [0.25, 0.3) is 0 Å². The summed E-state index contributed by atoms with van der Waals surface area (Å²) in [6, 6.07) is 11.2. The molecule has 0 aromatic heterocycles. The first-order valence-corrected chi connectivity index (χ1v) is 9.42. The molecular weight excluding hydrogens is 208 g/mol. The molecule has 1 unspecified atom stereocenters. The van der Waals surface area contributed by atoms with Gasteiger partial charge in [0.25, 0.3) is 0 Å². The summed E-state index contributed by atoms with van der Waals surface area (Å²) in [4.78, 5) is 0. The highest BCUT2D eigenvalue weighted by molar-refractivity contribution is 6.91. The summed E-state index contributed by atoms with van der Waals surface area (Å²) >= 11 is 0. The van der Waals surface area contributed by atoms with E-state index in [0.717, 1.165) is 5.54 Å². The molecule has 1 aliphatic carbocycles. The Morgan fingerprint density at radius 3 is 2.44 bits per heavy atom. The highest BCUT2D eigenvalue weighted by atomic mass is 28.3. The van der Waals surface area contributed by atoms with Crippen molar-refractivity contribution in [2.75, 3.05) is 0 Å². The van der Waals surface area contributed by atoms with Gasteiger partial charge in [0.15, 0.2) is 0 Å². The minimum absolute atomic E-state index is 0.851. The van der Waals surface area contributed by atoms with Crippen molar-refractivity contribution in [3.05, 3.63) is 42.0 Å². The lowest BCUT2D eigenvalue weighted by Crippen LogP contribution is -2.46. The molecular formula is C15H22Si. The number of allylic oxidation sites excluding steroid dienone is 2. The van der Waals surface area contributed by atoms with Crippen LogP contribution in [-0.4, -0.2) is 8.07 Å². The molecule has 0 spiro atoms. The molecule has 0 heterocycles. The zero-order valence-corrected chi connectivity index (χ0v) is 11.7. The minimum Gasteiger partial charge on any atom is -0.0856 e. The SMILES string of the molecule is CC1=CCCCC1[Si](C)(C)c1ccccc1. The van der Waals surface area contributed by atoms with E-state index in [0.29, 0.717) is 0 Å². The van der Waals surface area contributed by atoms with E-state index in [1.807, 2.05) is 0 Å². The van der Waals surface area contributed by atoms with E-state index in [1.165, 1.54) is 19.3 Å². The van der Waals surface area contributed by atoms with Gasteiger partial charge in [-0.3, -0.25) is 0 Å². The lowest BCUT2D eigenvalue weighted by molar-refractivity contribution is 0.686. The molecule has 0 aliphatic heterocycles. The molecule has 1 aromatic rings. The summed E-state index contributed by atoms with van der Waals surface area (Å²) in [6.45, 7) is 7.38. The van der Waals surface area contributed by atoms with Gasteiger partial charge in [-0.05, 0) is 31.7 Å². The summed E-state index contributed by atoms with van der Waals surface area (Å²) < 4.78 is 0. The van der Waals surface area contributed by atoms with Crippen molar-refractivity contribution in [3.8, 4) is 0 Å². The Balaban J connectivity index is 2.31. The van der Waals surface area contributed by atoms with Gasteiger partial charge in [-0.2, -0.15) is 0 Å². The van der Waals surface area contributed by atoms with Crippen molar-refractivity contribution in [2.45, 2.75) is 44.8 Å². The predicted molar refractivity (Wildman–Crippen MR) is 74.9 cm³/mol. The van der Waals surface area contributed by atoms with Crippen LogP contribution in [0.3, 0.4) is 0 Å². The third-order valence-electron chi connectivity index (χ3n) is 4.10. The van der Waals surface area contributed by atoms with Crippen molar-refractivity contribution in [2.24, 2.45) is 0 Å². The molecule has 0 radical (unpaired) electrons. The average Bonchev–Trinajstić information content (AvgIpc) is 2.30. The maximum absolute atomic E-state index is 2.52. The molecule has 16 heavy (non-hydrogen) atoms. The molecule has 0 saturated heterocycles. The van der Waals surface area contributed by atoms with Crippen LogP contribution in [0.4, 0.5) is 0 Å². The zero-order chi connectivity index (χ0) is 11.6. The van der Waals surface area contributed by atoms with Crippen LogP contribution in [0.5, 0.6) is 0 Å². The van der Waals surface area contributed by atoms with E-state index in [9.17, 15) is 0 Å². The Hall–Kier alpha value is -0.823. The third-order valence-corrected chi connectivity index (χ3v) is 8.41. The van der Waals surface area contributed by atoms with Crippen molar-refractivity contribution in [1.29, 1.82) is 0 Å². The van der Waals surface area contributed by atoms with Crippen molar-refractivity contribution >= 4 is 13.3 Å². The molecule has 0 N–H and O–H groups in total. The van der Waals surface area contributed by atoms with Gasteiger partial charge in [-0.15, -0.1) is 0 Å². The number of hydrogen-bond donors (Lipinski definition) is 0. The Labute approximate surface area is 100 Å². The predicted octanol–water partition coefficient (Wildman–Crippen LogP) is 4.10. The lowest BCUT2D eigenvalue weighted by Gasteiger charge is -2.36. The van der Waals surface area contributed by atoms with E-state index in [-0.39, 0.29) is 0 Å². The molecule has 1 aromatic carbocycles. The molecule has 1 atom stereocenters. The second-order valence-electron chi connectivity index (χ2n) is 5.52. The average molecular weight is 230 g/mol. The molecule has 0 bridgehead atoms. The lowest BCUT2D eigenvalue weighted by atomic mass is 10.0. The zero-order valence-electron chi connectivity index (χ0n) is 10.7. The van der Waals surface area contributed by atoms with Gasteiger partial charge >= 0.3 is 0 Å². The fraction of sp³-hybridized carbons (Fsp3) is 0.467. The van der Waals surface area contributed by atoms with E-state index < -0.39 is 8.07 Å². The van der Waals surface area contributed by atoms with Crippen LogP contribution >= 0.6 is 0 Å². The largest absolute Gasteiger partial charge is 0.0876 e. The van der Waals surface area contributed by atoms with Crippen molar-refractivity contribution in [1.82, 2.24) is 0 Å². The summed E-state index contributed by atoms with van der Waals surface area (Å²) in [7, 11) is -1.31. The van der Waals surface area contributed by atoms with Gasteiger partial charge in [0.05, 0.1) is 8.07 Å². The van der Waals surface area contributed by atoms with Crippen LogP contribution in [0.15, 0.2) is 42.0 Å². The number of rotatable bonds is 2. The van der Waals surface area contributed by atoms with Crippen molar-refractivity contribution in [3.63, 3.8) is 0 Å². The van der Waals surface area contributed by atoms with Crippen LogP contribution < -0.4 is 5.19 Å². The van der Waals surface area contributed by atoms with E-state index in [1.54, 1.807) is 10.8 Å². The van der Waals surface area contributed by atoms with Crippen LogP contribution in [0.2, 0.25) is 18.6 Å². The first-order chi connectivity index (χ1) is 7.62. The number of hydrogen-bond acceptors (Lipinski definition) is 0. The smallest absolute Gasteiger partial charge is 0.0856 e. The van der Waals surface area contributed by atoms with Crippen molar-refractivity contribution < 1.29 is 0 Å². The van der Waals surface area contributed by atoms with Gasteiger partial charge in [0, 0.05) is 0 Å². The van der Waals surface area contributed by atoms with Gasteiger partial charge in [-0.1, -0.05) is 60.3 Å². The molecule has 86 valence electrons. The second-order valence-corrected chi connectivity index (χ2v) is 10.2. The fourth-order valence-corrected chi connectivity index (χ4v) is 6.66. The highest BCUT2D eigenvalue weighted by Crippen LogP contribution is 2.37. The van der Waals surface area contributed by atoms with E-state index >= 15 is 0 Å². The number of benzene rings is 1. The van der Waals surface area contributed by atoms with Crippen LogP contribution in [-0.2, 0) is 0 Å². The Kier molecular flexibility index (Phi) is 3.34. The molecule has 0 nitrogen and oxygen atoms in total. The molecule has 2 rings (SSSR count). The maximum atomic E-state index is 2.52. The normalized spacial score (nSPS) is 21.7. The van der Waals surface area contributed by atoms with Crippen LogP contribution in [0, 0.1) is 0 Å². The minimum atomic E-state index is -1.31. The fourth-order valence-electron chi connectivity index (χ4n) is 3.02. The van der Waals surface area contributed by atoms with Gasteiger partial charge in [0.2, 0.25) is 0 Å². The maximum Gasteiger partial charge on any atom is 0.0876 e. The monoisotopic (exact) mass is 230 g/mol. The van der Waals surface area contributed by atoms with Gasteiger partial charge in [0.1, 0.15) is 0 Å². The van der Waals surface area contributed by atoms with Crippen LogP contribution in [0.1, 0.15) is 26.2 Å². The Bertz CT molecular complexity index is 376. The van der Waals surface area contributed by atoms with E-state index in [4.69, 9.17) is 0 Å². The summed E-state index contributed by atoms with van der Waals surface area (Å²) in [5.74, 6) is 0. The first kappa shape index (κ1) is 11.7. The molecule has 0 saturated carbocycles. The summed E-state index contributed by atoms with van der Waals surface area (Å²) in [6.07, 6.45) is 6.54. The van der Waals surface area contributed by atoms with E-state index in [2.05, 4.69) is 56.4 Å². The van der Waals surface area contributed by atoms with Gasteiger partial charge in [-0.25, -0.2) is 0 Å². The Morgan fingerprint density at radius 1 is 1.12 bits per heavy atom. The summed E-state index contributed by atoms with van der Waals surface area (Å²) in [5.41, 5.74) is 2.50.